The molecule has 1 amide bonds. The SMILES string of the molecule is COc1cccc(-c2cc(C(=O)Nc3cc(OC)c(OC)c(OC)c3)n(C)n2)c1. The first-order chi connectivity index (χ1) is 14.0. The summed E-state index contributed by atoms with van der Waals surface area (Å²) in [4.78, 5) is 12.8. The molecule has 0 aliphatic heterocycles. The number of hydrogen-bond donors (Lipinski definition) is 1. The van der Waals surface area contributed by atoms with Crippen LogP contribution in [-0.2, 0) is 7.05 Å². The maximum atomic E-state index is 12.8. The molecule has 0 saturated carbocycles. The minimum atomic E-state index is -0.316. The zero-order chi connectivity index (χ0) is 21.0. The van der Waals surface area contributed by atoms with Crippen molar-refractivity contribution in [3.63, 3.8) is 0 Å². The molecule has 1 N–H and O–H groups in total. The molecule has 3 aromatic rings. The van der Waals surface area contributed by atoms with Crippen LogP contribution in [0.15, 0.2) is 42.5 Å². The van der Waals surface area contributed by atoms with Gasteiger partial charge in [-0.25, -0.2) is 0 Å². The molecule has 8 heteroatoms. The lowest BCUT2D eigenvalue weighted by atomic mass is 10.1. The summed E-state index contributed by atoms with van der Waals surface area (Å²) in [6.07, 6.45) is 0. The van der Waals surface area contributed by atoms with Crippen LogP contribution in [0.2, 0.25) is 0 Å². The summed E-state index contributed by atoms with van der Waals surface area (Å²) in [5, 5.41) is 7.29. The summed E-state index contributed by atoms with van der Waals surface area (Å²) >= 11 is 0. The molecular formula is C21H23N3O5. The van der Waals surface area contributed by atoms with Crippen LogP contribution in [0.25, 0.3) is 11.3 Å². The van der Waals surface area contributed by atoms with Crippen molar-refractivity contribution in [2.24, 2.45) is 7.05 Å². The molecule has 0 atom stereocenters. The third kappa shape index (κ3) is 4.11. The lowest BCUT2D eigenvalue weighted by Crippen LogP contribution is -2.16. The highest BCUT2D eigenvalue weighted by Crippen LogP contribution is 2.40. The van der Waals surface area contributed by atoms with E-state index in [9.17, 15) is 4.79 Å². The Balaban J connectivity index is 1.89. The Bertz CT molecular complexity index is 1000. The van der Waals surface area contributed by atoms with Gasteiger partial charge in [0.05, 0.1) is 34.1 Å². The largest absolute Gasteiger partial charge is 0.497 e. The number of amides is 1. The number of aromatic nitrogens is 2. The van der Waals surface area contributed by atoms with E-state index < -0.39 is 0 Å². The number of ether oxygens (including phenoxy) is 4. The second kappa shape index (κ2) is 8.55. The van der Waals surface area contributed by atoms with Crippen LogP contribution in [0.5, 0.6) is 23.0 Å². The highest BCUT2D eigenvalue weighted by molar-refractivity contribution is 6.04. The summed E-state index contributed by atoms with van der Waals surface area (Å²) in [6, 6.07) is 12.6. The first kappa shape index (κ1) is 20.1. The first-order valence-electron chi connectivity index (χ1n) is 8.80. The van der Waals surface area contributed by atoms with E-state index in [1.807, 2.05) is 24.3 Å². The van der Waals surface area contributed by atoms with Gasteiger partial charge >= 0.3 is 0 Å². The van der Waals surface area contributed by atoms with E-state index in [4.69, 9.17) is 18.9 Å². The molecule has 2 aromatic carbocycles. The molecule has 1 heterocycles. The maximum absolute atomic E-state index is 12.8. The molecule has 1 aromatic heterocycles. The molecule has 0 saturated heterocycles. The van der Waals surface area contributed by atoms with Crippen molar-refractivity contribution in [3.05, 3.63) is 48.2 Å². The van der Waals surface area contributed by atoms with Crippen molar-refractivity contribution in [2.45, 2.75) is 0 Å². The van der Waals surface area contributed by atoms with Gasteiger partial charge in [-0.1, -0.05) is 12.1 Å². The molecule has 152 valence electrons. The summed E-state index contributed by atoms with van der Waals surface area (Å²) in [7, 11) is 7.88. The van der Waals surface area contributed by atoms with Crippen molar-refractivity contribution >= 4 is 11.6 Å². The van der Waals surface area contributed by atoms with Crippen LogP contribution in [0.1, 0.15) is 10.5 Å². The molecule has 0 unspecified atom stereocenters. The van der Waals surface area contributed by atoms with Gasteiger partial charge in [0, 0.05) is 30.4 Å². The normalized spacial score (nSPS) is 10.4. The highest BCUT2D eigenvalue weighted by atomic mass is 16.5. The van der Waals surface area contributed by atoms with E-state index >= 15 is 0 Å². The standard InChI is InChI=1S/C21H23N3O5/c1-24-17(12-16(23-24)13-7-6-8-15(9-13)26-2)21(25)22-14-10-18(27-3)20(29-5)19(11-14)28-4/h6-12H,1-5H3,(H,22,25). The van der Waals surface area contributed by atoms with Gasteiger partial charge < -0.3 is 24.3 Å². The second-order valence-corrected chi connectivity index (χ2v) is 6.14. The van der Waals surface area contributed by atoms with Crippen LogP contribution < -0.4 is 24.3 Å². The monoisotopic (exact) mass is 397 g/mol. The van der Waals surface area contributed by atoms with Crippen molar-refractivity contribution < 1.29 is 23.7 Å². The summed E-state index contributed by atoms with van der Waals surface area (Å²) in [6.45, 7) is 0. The zero-order valence-electron chi connectivity index (χ0n) is 17.0. The summed E-state index contributed by atoms with van der Waals surface area (Å²) in [5.41, 5.74) is 2.43. The van der Waals surface area contributed by atoms with Crippen molar-refractivity contribution in [2.75, 3.05) is 33.8 Å². The van der Waals surface area contributed by atoms with Gasteiger partial charge in [0.2, 0.25) is 5.75 Å². The van der Waals surface area contributed by atoms with E-state index in [1.165, 1.54) is 26.0 Å². The number of carbonyl (C=O) groups excluding carboxylic acids is 1. The van der Waals surface area contributed by atoms with E-state index in [1.54, 1.807) is 32.4 Å². The average molecular weight is 397 g/mol. The number of nitrogens with zero attached hydrogens (tertiary/aromatic N) is 2. The number of methoxy groups -OCH3 is 4. The Hall–Kier alpha value is -3.68. The molecule has 0 aliphatic rings. The Morgan fingerprint density at radius 1 is 0.931 bits per heavy atom. The topological polar surface area (TPSA) is 83.8 Å². The van der Waals surface area contributed by atoms with Crippen molar-refractivity contribution in [3.8, 4) is 34.3 Å². The van der Waals surface area contributed by atoms with Gasteiger partial charge in [0.1, 0.15) is 11.4 Å². The fraction of sp³-hybridized carbons (Fsp3) is 0.238. The number of anilines is 1. The highest BCUT2D eigenvalue weighted by Gasteiger charge is 2.18. The van der Waals surface area contributed by atoms with E-state index in [0.29, 0.717) is 34.3 Å². The van der Waals surface area contributed by atoms with Gasteiger partial charge in [-0.15, -0.1) is 0 Å². The molecule has 8 nitrogen and oxygen atoms in total. The molecule has 29 heavy (non-hydrogen) atoms. The van der Waals surface area contributed by atoms with E-state index in [-0.39, 0.29) is 5.91 Å². The van der Waals surface area contributed by atoms with Gasteiger partial charge in [-0.2, -0.15) is 5.10 Å². The predicted octanol–water partition coefficient (Wildman–Crippen LogP) is 3.37. The minimum Gasteiger partial charge on any atom is -0.497 e. The molecule has 0 fully saturated rings. The Labute approximate surface area is 169 Å². The Kier molecular flexibility index (Phi) is 5.92. The predicted molar refractivity (Wildman–Crippen MR) is 109 cm³/mol. The van der Waals surface area contributed by atoms with Crippen molar-refractivity contribution in [1.82, 2.24) is 9.78 Å². The molecule has 0 radical (unpaired) electrons. The van der Waals surface area contributed by atoms with E-state index in [2.05, 4.69) is 10.4 Å². The minimum absolute atomic E-state index is 0.316. The smallest absolute Gasteiger partial charge is 0.273 e. The number of aryl methyl sites for hydroxylation is 1. The Morgan fingerprint density at radius 3 is 2.21 bits per heavy atom. The summed E-state index contributed by atoms with van der Waals surface area (Å²) in [5.74, 6) is 1.75. The fourth-order valence-corrected chi connectivity index (χ4v) is 2.95. The molecule has 3 rings (SSSR count). The molecular weight excluding hydrogens is 374 g/mol. The third-order valence-corrected chi connectivity index (χ3v) is 4.40. The fourth-order valence-electron chi connectivity index (χ4n) is 2.95. The van der Waals surface area contributed by atoms with Gasteiger partial charge in [0.25, 0.3) is 5.91 Å². The molecule has 0 aliphatic carbocycles. The number of benzene rings is 2. The lowest BCUT2D eigenvalue weighted by Gasteiger charge is -2.14. The first-order valence-corrected chi connectivity index (χ1v) is 8.80. The van der Waals surface area contributed by atoms with Crippen LogP contribution in [0.4, 0.5) is 5.69 Å². The number of nitrogens with one attached hydrogen (secondary N) is 1. The number of hydrogen-bond acceptors (Lipinski definition) is 6. The molecule has 0 spiro atoms. The second-order valence-electron chi connectivity index (χ2n) is 6.14. The van der Waals surface area contributed by atoms with Crippen LogP contribution >= 0.6 is 0 Å². The average Bonchev–Trinajstić information content (AvgIpc) is 3.14. The van der Waals surface area contributed by atoms with Crippen molar-refractivity contribution in [1.29, 1.82) is 0 Å². The number of carbonyl (C=O) groups is 1. The maximum Gasteiger partial charge on any atom is 0.273 e. The molecule has 0 bridgehead atoms. The number of rotatable bonds is 7. The van der Waals surface area contributed by atoms with Crippen LogP contribution in [0, 0.1) is 0 Å². The summed E-state index contributed by atoms with van der Waals surface area (Å²) < 4.78 is 22.7. The van der Waals surface area contributed by atoms with Gasteiger partial charge in [-0.05, 0) is 18.2 Å². The zero-order valence-corrected chi connectivity index (χ0v) is 17.0. The van der Waals surface area contributed by atoms with E-state index in [0.717, 1.165) is 11.3 Å². The quantitative estimate of drug-likeness (QED) is 0.658. The lowest BCUT2D eigenvalue weighted by molar-refractivity contribution is 0.101. The Morgan fingerprint density at radius 2 is 1.62 bits per heavy atom. The van der Waals surface area contributed by atoms with Gasteiger partial charge in [-0.3, -0.25) is 9.48 Å². The van der Waals surface area contributed by atoms with Gasteiger partial charge in [0.15, 0.2) is 11.5 Å². The third-order valence-electron chi connectivity index (χ3n) is 4.40. The van der Waals surface area contributed by atoms with Crippen LogP contribution in [0.3, 0.4) is 0 Å². The van der Waals surface area contributed by atoms with Crippen LogP contribution in [-0.4, -0.2) is 44.1 Å².